The smallest absolute Gasteiger partial charge is 0.265 e. The van der Waals surface area contributed by atoms with Gasteiger partial charge < -0.3 is 4.57 Å². The average molecular weight is 182 g/mol. The van der Waals surface area contributed by atoms with Gasteiger partial charge in [-0.25, -0.2) is 8.78 Å². The van der Waals surface area contributed by atoms with Gasteiger partial charge in [0.25, 0.3) is 6.43 Å². The van der Waals surface area contributed by atoms with Crippen LogP contribution < -0.4 is 0 Å². The third kappa shape index (κ3) is 1.18. The molecule has 0 radical (unpaired) electrons. The van der Waals surface area contributed by atoms with Crippen LogP contribution in [0.5, 0.6) is 0 Å². The van der Waals surface area contributed by atoms with Crippen LogP contribution in [0.4, 0.5) is 8.78 Å². The van der Waals surface area contributed by atoms with Gasteiger partial charge in [0.1, 0.15) is 0 Å². The predicted molar refractivity (Wildman–Crippen MR) is 45.7 cm³/mol. The normalized spacial score (nSPS) is 11.4. The van der Waals surface area contributed by atoms with E-state index < -0.39 is 6.43 Å². The van der Waals surface area contributed by atoms with E-state index >= 15 is 0 Å². The van der Waals surface area contributed by atoms with Crippen molar-refractivity contribution >= 4 is 10.9 Å². The molecule has 0 bridgehead atoms. The number of halogens is 2. The Hall–Kier alpha value is -1.45. The topological polar surface area (TPSA) is 17.8 Å². The Morgan fingerprint density at radius 3 is 2.92 bits per heavy atom. The van der Waals surface area contributed by atoms with Crippen molar-refractivity contribution in [3.05, 3.63) is 30.2 Å². The van der Waals surface area contributed by atoms with Crippen molar-refractivity contribution in [2.24, 2.45) is 7.05 Å². The van der Waals surface area contributed by atoms with E-state index in [9.17, 15) is 8.78 Å². The molecule has 0 N–H and O–H groups in total. The van der Waals surface area contributed by atoms with Crippen LogP contribution in [0.1, 0.15) is 12.0 Å². The monoisotopic (exact) mass is 182 g/mol. The van der Waals surface area contributed by atoms with E-state index in [1.54, 1.807) is 23.9 Å². The SMILES string of the molecule is Cn1cc(C(F)F)c2ccncc21. The van der Waals surface area contributed by atoms with Gasteiger partial charge in [-0.15, -0.1) is 0 Å². The Morgan fingerprint density at radius 2 is 2.23 bits per heavy atom. The highest BCUT2D eigenvalue weighted by Crippen LogP contribution is 2.28. The molecule has 0 fully saturated rings. The number of rotatable bonds is 1. The molecule has 0 aliphatic heterocycles. The number of aromatic nitrogens is 2. The van der Waals surface area contributed by atoms with Gasteiger partial charge in [0, 0.05) is 30.4 Å². The van der Waals surface area contributed by atoms with Gasteiger partial charge in [-0.05, 0) is 6.07 Å². The molecule has 0 aliphatic carbocycles. The first kappa shape index (κ1) is 8.16. The third-order valence-corrected chi connectivity index (χ3v) is 2.06. The number of hydrogen-bond acceptors (Lipinski definition) is 1. The zero-order valence-electron chi connectivity index (χ0n) is 7.04. The second-order valence-electron chi connectivity index (χ2n) is 2.89. The molecule has 0 aromatic carbocycles. The van der Waals surface area contributed by atoms with Crippen LogP contribution in [0.25, 0.3) is 10.9 Å². The van der Waals surface area contributed by atoms with Crippen LogP contribution >= 0.6 is 0 Å². The first-order valence-corrected chi connectivity index (χ1v) is 3.87. The van der Waals surface area contributed by atoms with Gasteiger partial charge in [-0.2, -0.15) is 0 Å². The molecule has 0 unspecified atom stereocenters. The summed E-state index contributed by atoms with van der Waals surface area (Å²) >= 11 is 0. The maximum Gasteiger partial charge on any atom is 0.265 e. The molecule has 4 heteroatoms. The standard InChI is InChI=1S/C9H8F2N2/c1-13-5-7(9(10)11)6-2-3-12-4-8(6)13/h2-5,9H,1H3. The molecule has 0 saturated carbocycles. The third-order valence-electron chi connectivity index (χ3n) is 2.06. The maximum absolute atomic E-state index is 12.5. The van der Waals surface area contributed by atoms with Crippen LogP contribution in [-0.2, 0) is 7.05 Å². The number of hydrogen-bond donors (Lipinski definition) is 0. The molecule has 2 rings (SSSR count). The summed E-state index contributed by atoms with van der Waals surface area (Å²) in [6.45, 7) is 0. The van der Waals surface area contributed by atoms with Gasteiger partial charge >= 0.3 is 0 Å². The van der Waals surface area contributed by atoms with E-state index in [1.165, 1.54) is 12.4 Å². The molecule has 2 nitrogen and oxygen atoms in total. The second kappa shape index (κ2) is 2.80. The van der Waals surface area contributed by atoms with Crippen LogP contribution in [-0.4, -0.2) is 9.55 Å². The minimum Gasteiger partial charge on any atom is -0.349 e. The molecule has 0 amide bonds. The number of pyridine rings is 1. The first-order chi connectivity index (χ1) is 6.20. The van der Waals surface area contributed by atoms with Gasteiger partial charge in [-0.1, -0.05) is 0 Å². The fraction of sp³-hybridized carbons (Fsp3) is 0.222. The van der Waals surface area contributed by atoms with E-state index in [0.717, 1.165) is 5.52 Å². The lowest BCUT2D eigenvalue weighted by Gasteiger charge is -1.94. The number of aryl methyl sites for hydroxylation is 1. The molecule has 0 atom stereocenters. The molecule has 0 aliphatic rings. The van der Waals surface area contributed by atoms with E-state index in [-0.39, 0.29) is 5.56 Å². The molecule has 2 aromatic rings. The summed E-state index contributed by atoms with van der Waals surface area (Å²) in [7, 11) is 1.73. The summed E-state index contributed by atoms with van der Waals surface area (Å²) in [5.41, 5.74) is 0.803. The fourth-order valence-electron chi connectivity index (χ4n) is 1.43. The largest absolute Gasteiger partial charge is 0.349 e. The second-order valence-corrected chi connectivity index (χ2v) is 2.89. The highest BCUT2D eigenvalue weighted by molar-refractivity contribution is 5.83. The van der Waals surface area contributed by atoms with Crippen molar-refractivity contribution in [3.63, 3.8) is 0 Å². The molecule has 2 aromatic heterocycles. The van der Waals surface area contributed by atoms with E-state index in [2.05, 4.69) is 4.98 Å². The van der Waals surface area contributed by atoms with E-state index in [1.807, 2.05) is 0 Å². The highest BCUT2D eigenvalue weighted by atomic mass is 19.3. The summed E-state index contributed by atoms with van der Waals surface area (Å²) in [6.07, 6.45) is 2.12. The van der Waals surface area contributed by atoms with Crippen molar-refractivity contribution in [3.8, 4) is 0 Å². The van der Waals surface area contributed by atoms with Crippen LogP contribution in [0.3, 0.4) is 0 Å². The molecule has 68 valence electrons. The summed E-state index contributed by atoms with van der Waals surface area (Å²) < 4.78 is 26.6. The summed E-state index contributed by atoms with van der Waals surface area (Å²) in [5.74, 6) is 0. The van der Waals surface area contributed by atoms with Crippen molar-refractivity contribution < 1.29 is 8.78 Å². The lowest BCUT2D eigenvalue weighted by atomic mass is 10.2. The average Bonchev–Trinajstić information content (AvgIpc) is 2.45. The Bertz CT molecular complexity index is 434. The predicted octanol–water partition coefficient (Wildman–Crippen LogP) is 2.51. The van der Waals surface area contributed by atoms with Crippen molar-refractivity contribution in [2.45, 2.75) is 6.43 Å². The first-order valence-electron chi connectivity index (χ1n) is 3.87. The maximum atomic E-state index is 12.5. The van der Waals surface area contributed by atoms with E-state index in [0.29, 0.717) is 5.39 Å². The van der Waals surface area contributed by atoms with Crippen molar-refractivity contribution in [2.75, 3.05) is 0 Å². The van der Waals surface area contributed by atoms with Gasteiger partial charge in [0.2, 0.25) is 0 Å². The van der Waals surface area contributed by atoms with Gasteiger partial charge in [0.15, 0.2) is 0 Å². The number of alkyl halides is 2. The molecular formula is C9H8F2N2. The fourth-order valence-corrected chi connectivity index (χ4v) is 1.43. The van der Waals surface area contributed by atoms with Gasteiger partial charge in [-0.3, -0.25) is 4.98 Å². The van der Waals surface area contributed by atoms with Crippen LogP contribution in [0, 0.1) is 0 Å². The molecule has 13 heavy (non-hydrogen) atoms. The number of fused-ring (bicyclic) bond motifs is 1. The zero-order chi connectivity index (χ0) is 9.42. The Morgan fingerprint density at radius 1 is 1.46 bits per heavy atom. The quantitative estimate of drug-likeness (QED) is 0.662. The number of nitrogens with zero attached hydrogens (tertiary/aromatic N) is 2. The minimum atomic E-state index is -2.42. The molecular weight excluding hydrogens is 174 g/mol. The van der Waals surface area contributed by atoms with E-state index in [4.69, 9.17) is 0 Å². The van der Waals surface area contributed by atoms with Gasteiger partial charge in [0.05, 0.1) is 11.7 Å². The Kier molecular flexibility index (Phi) is 1.76. The molecule has 0 saturated heterocycles. The molecule has 2 heterocycles. The summed E-state index contributed by atoms with van der Waals surface area (Å²) in [6, 6.07) is 1.61. The Labute approximate surface area is 73.8 Å². The van der Waals surface area contributed by atoms with Crippen molar-refractivity contribution in [1.82, 2.24) is 9.55 Å². The lowest BCUT2D eigenvalue weighted by Crippen LogP contribution is -1.83. The highest BCUT2D eigenvalue weighted by Gasteiger charge is 2.14. The lowest BCUT2D eigenvalue weighted by molar-refractivity contribution is 0.153. The van der Waals surface area contributed by atoms with Crippen LogP contribution in [0.15, 0.2) is 24.7 Å². The minimum absolute atomic E-state index is 0.0694. The Balaban J connectivity index is 2.78. The summed E-state index contributed by atoms with van der Waals surface area (Å²) in [4.78, 5) is 3.88. The van der Waals surface area contributed by atoms with Crippen molar-refractivity contribution in [1.29, 1.82) is 0 Å². The summed E-state index contributed by atoms with van der Waals surface area (Å²) in [5, 5.41) is 0.576. The van der Waals surface area contributed by atoms with Crippen LogP contribution in [0.2, 0.25) is 0 Å². The molecule has 0 spiro atoms. The zero-order valence-corrected chi connectivity index (χ0v) is 7.04.